The number of nitrogens with zero attached hydrogens (tertiary/aromatic N) is 2. The second-order valence-electron chi connectivity index (χ2n) is 4.10. The van der Waals surface area contributed by atoms with Crippen LogP contribution in [-0.4, -0.2) is 9.78 Å². The third-order valence-corrected chi connectivity index (χ3v) is 2.71. The topological polar surface area (TPSA) is 34.9 Å². The lowest BCUT2D eigenvalue weighted by atomic mass is 10.1. The molecule has 2 aromatic rings. The van der Waals surface area contributed by atoms with E-state index in [-0.39, 0.29) is 11.6 Å². The Morgan fingerprint density at radius 3 is 2.35 bits per heavy atom. The summed E-state index contributed by atoms with van der Waals surface area (Å²) in [4.78, 5) is 11.6. The van der Waals surface area contributed by atoms with Gasteiger partial charge in [-0.05, 0) is 32.0 Å². The third-order valence-electron chi connectivity index (χ3n) is 2.45. The van der Waals surface area contributed by atoms with Gasteiger partial charge in [0, 0.05) is 16.7 Å². The third kappa shape index (κ3) is 2.56. The number of aromatic nitrogens is 2. The van der Waals surface area contributed by atoms with Gasteiger partial charge in [0.15, 0.2) is 0 Å². The number of halogens is 1. The average Bonchev–Trinajstić information content (AvgIpc) is 2.30. The van der Waals surface area contributed by atoms with E-state index in [2.05, 4.69) is 5.10 Å². The molecule has 0 saturated heterocycles. The summed E-state index contributed by atoms with van der Waals surface area (Å²) >= 11 is 5.83. The molecule has 0 bridgehead atoms. The van der Waals surface area contributed by atoms with E-state index in [9.17, 15) is 4.79 Å². The Bertz CT molecular complexity index is 573. The maximum absolute atomic E-state index is 11.6. The van der Waals surface area contributed by atoms with Crippen LogP contribution in [0.4, 0.5) is 0 Å². The lowest BCUT2D eigenvalue weighted by molar-refractivity contribution is 0.505. The lowest BCUT2D eigenvalue weighted by Gasteiger charge is -2.09. The SMILES string of the molecule is CC(C)n1nc(-c2ccc(Cl)cc2)ccc1=O. The van der Waals surface area contributed by atoms with Crippen molar-refractivity contribution in [2.75, 3.05) is 0 Å². The Kier molecular flexibility index (Phi) is 3.29. The normalized spacial score (nSPS) is 10.8. The zero-order valence-electron chi connectivity index (χ0n) is 9.72. The van der Waals surface area contributed by atoms with Crippen LogP contribution in [-0.2, 0) is 0 Å². The molecule has 17 heavy (non-hydrogen) atoms. The van der Waals surface area contributed by atoms with Gasteiger partial charge in [0.25, 0.3) is 5.56 Å². The van der Waals surface area contributed by atoms with Gasteiger partial charge in [-0.3, -0.25) is 4.79 Å². The predicted molar refractivity (Wildman–Crippen MR) is 69.3 cm³/mol. The minimum Gasteiger partial charge on any atom is -0.268 e. The summed E-state index contributed by atoms with van der Waals surface area (Å²) in [6.45, 7) is 3.86. The Balaban J connectivity index is 2.50. The molecule has 1 aromatic heterocycles. The minimum absolute atomic E-state index is 0.0507. The second kappa shape index (κ2) is 4.72. The quantitative estimate of drug-likeness (QED) is 0.818. The maximum atomic E-state index is 11.6. The first kappa shape index (κ1) is 11.9. The molecule has 0 aliphatic heterocycles. The van der Waals surface area contributed by atoms with Gasteiger partial charge in [-0.2, -0.15) is 5.10 Å². The Hall–Kier alpha value is -1.61. The Morgan fingerprint density at radius 2 is 1.76 bits per heavy atom. The van der Waals surface area contributed by atoms with Crippen molar-refractivity contribution in [3.8, 4) is 11.3 Å². The summed E-state index contributed by atoms with van der Waals surface area (Å²) in [5.41, 5.74) is 1.64. The number of rotatable bonds is 2. The lowest BCUT2D eigenvalue weighted by Crippen LogP contribution is -2.23. The highest BCUT2D eigenvalue weighted by molar-refractivity contribution is 6.30. The van der Waals surface area contributed by atoms with Crippen molar-refractivity contribution in [3.05, 3.63) is 51.8 Å². The van der Waals surface area contributed by atoms with Crippen LogP contribution in [0, 0.1) is 0 Å². The standard InChI is InChI=1S/C13H13ClN2O/c1-9(2)16-13(17)8-7-12(15-16)10-3-5-11(14)6-4-10/h3-9H,1-2H3. The second-order valence-corrected chi connectivity index (χ2v) is 4.54. The molecule has 2 rings (SSSR count). The summed E-state index contributed by atoms with van der Waals surface area (Å²) in [6.07, 6.45) is 0. The monoisotopic (exact) mass is 248 g/mol. The van der Waals surface area contributed by atoms with Crippen LogP contribution in [0.3, 0.4) is 0 Å². The van der Waals surface area contributed by atoms with Crippen molar-refractivity contribution in [1.29, 1.82) is 0 Å². The van der Waals surface area contributed by atoms with Gasteiger partial charge in [0.2, 0.25) is 0 Å². The maximum Gasteiger partial charge on any atom is 0.267 e. The van der Waals surface area contributed by atoms with E-state index in [1.807, 2.05) is 38.1 Å². The van der Waals surface area contributed by atoms with Gasteiger partial charge in [-0.25, -0.2) is 4.68 Å². The molecule has 0 unspecified atom stereocenters. The van der Waals surface area contributed by atoms with Crippen LogP contribution < -0.4 is 5.56 Å². The van der Waals surface area contributed by atoms with Crippen molar-refractivity contribution in [3.63, 3.8) is 0 Å². The molecular formula is C13H13ClN2O. The number of hydrogen-bond acceptors (Lipinski definition) is 2. The van der Waals surface area contributed by atoms with Crippen molar-refractivity contribution < 1.29 is 0 Å². The molecule has 0 saturated carbocycles. The molecule has 0 radical (unpaired) electrons. The van der Waals surface area contributed by atoms with Crippen molar-refractivity contribution in [1.82, 2.24) is 9.78 Å². The fraction of sp³-hybridized carbons (Fsp3) is 0.231. The minimum atomic E-state index is -0.0855. The number of benzene rings is 1. The fourth-order valence-corrected chi connectivity index (χ4v) is 1.70. The predicted octanol–water partition coefficient (Wildman–Crippen LogP) is 3.14. The molecule has 0 N–H and O–H groups in total. The smallest absolute Gasteiger partial charge is 0.267 e. The molecule has 0 fully saturated rings. The Morgan fingerprint density at radius 1 is 1.12 bits per heavy atom. The van der Waals surface area contributed by atoms with Crippen molar-refractivity contribution in [2.24, 2.45) is 0 Å². The van der Waals surface area contributed by atoms with Crippen LogP contribution in [0.5, 0.6) is 0 Å². The van der Waals surface area contributed by atoms with Gasteiger partial charge in [-0.1, -0.05) is 23.7 Å². The first-order chi connectivity index (χ1) is 8.08. The molecule has 0 atom stereocenters. The largest absolute Gasteiger partial charge is 0.268 e. The van der Waals surface area contributed by atoms with E-state index >= 15 is 0 Å². The van der Waals surface area contributed by atoms with E-state index in [0.29, 0.717) is 5.02 Å². The summed E-state index contributed by atoms with van der Waals surface area (Å²) in [6, 6.07) is 10.7. The van der Waals surface area contributed by atoms with Gasteiger partial charge in [-0.15, -0.1) is 0 Å². The van der Waals surface area contributed by atoms with Crippen molar-refractivity contribution in [2.45, 2.75) is 19.9 Å². The summed E-state index contributed by atoms with van der Waals surface area (Å²) in [7, 11) is 0. The van der Waals surface area contributed by atoms with Crippen LogP contribution in [0.25, 0.3) is 11.3 Å². The molecule has 0 aliphatic carbocycles. The fourth-order valence-electron chi connectivity index (χ4n) is 1.57. The molecule has 1 aromatic carbocycles. The van der Waals surface area contributed by atoms with E-state index < -0.39 is 0 Å². The first-order valence-electron chi connectivity index (χ1n) is 5.44. The highest BCUT2D eigenvalue weighted by Crippen LogP contribution is 2.18. The molecule has 0 spiro atoms. The molecule has 1 heterocycles. The molecule has 0 aliphatic rings. The van der Waals surface area contributed by atoms with E-state index in [1.54, 1.807) is 6.07 Å². The molecule has 0 amide bonds. The zero-order chi connectivity index (χ0) is 12.4. The molecular weight excluding hydrogens is 236 g/mol. The van der Waals surface area contributed by atoms with Gasteiger partial charge in [0.1, 0.15) is 0 Å². The van der Waals surface area contributed by atoms with E-state index in [4.69, 9.17) is 11.6 Å². The van der Waals surface area contributed by atoms with Gasteiger partial charge < -0.3 is 0 Å². The zero-order valence-corrected chi connectivity index (χ0v) is 10.5. The number of hydrogen-bond donors (Lipinski definition) is 0. The molecule has 88 valence electrons. The highest BCUT2D eigenvalue weighted by Gasteiger charge is 2.05. The molecule has 3 nitrogen and oxygen atoms in total. The van der Waals surface area contributed by atoms with E-state index in [0.717, 1.165) is 11.3 Å². The van der Waals surface area contributed by atoms with Crippen molar-refractivity contribution >= 4 is 11.6 Å². The summed E-state index contributed by atoms with van der Waals surface area (Å²) < 4.78 is 1.48. The molecule has 4 heteroatoms. The summed E-state index contributed by atoms with van der Waals surface area (Å²) in [5.74, 6) is 0. The van der Waals surface area contributed by atoms with Crippen LogP contribution in [0.15, 0.2) is 41.2 Å². The van der Waals surface area contributed by atoms with E-state index in [1.165, 1.54) is 10.7 Å². The van der Waals surface area contributed by atoms with Crippen LogP contribution >= 0.6 is 11.6 Å². The average molecular weight is 249 g/mol. The van der Waals surface area contributed by atoms with Crippen LogP contribution in [0.1, 0.15) is 19.9 Å². The first-order valence-corrected chi connectivity index (χ1v) is 5.81. The Labute approximate surface area is 105 Å². The summed E-state index contributed by atoms with van der Waals surface area (Å²) in [5, 5.41) is 5.02. The van der Waals surface area contributed by atoms with Crippen LogP contribution in [0.2, 0.25) is 5.02 Å². The highest BCUT2D eigenvalue weighted by atomic mass is 35.5. The van der Waals surface area contributed by atoms with Gasteiger partial charge >= 0.3 is 0 Å². The van der Waals surface area contributed by atoms with Gasteiger partial charge in [0.05, 0.1) is 11.7 Å².